The summed E-state index contributed by atoms with van der Waals surface area (Å²) in [4.78, 5) is 4.79. The number of nitrogens with zero attached hydrogens (tertiary/aromatic N) is 2. The molecule has 1 heterocycles. The molecule has 4 heteroatoms. The smallest absolute Gasteiger partial charge is 0.127 e. The molecule has 1 fully saturated rings. The monoisotopic (exact) mass is 265 g/mol. The molecule has 2 N–H and O–H groups in total. The van der Waals surface area contributed by atoms with E-state index < -0.39 is 0 Å². The van der Waals surface area contributed by atoms with Crippen LogP contribution in [0.5, 0.6) is 0 Å². The zero-order valence-corrected chi connectivity index (χ0v) is 11.7. The molecule has 0 aromatic heterocycles. The van der Waals surface area contributed by atoms with E-state index in [-0.39, 0.29) is 11.9 Å². The third kappa shape index (κ3) is 4.27. The Bertz CT molecular complexity index is 397. The summed E-state index contributed by atoms with van der Waals surface area (Å²) >= 11 is 0. The fraction of sp³-hybridized carbons (Fsp3) is 0.600. The van der Waals surface area contributed by atoms with E-state index in [0.29, 0.717) is 5.56 Å². The summed E-state index contributed by atoms with van der Waals surface area (Å²) < 4.78 is 13.6. The Hall–Kier alpha value is -0.970. The highest BCUT2D eigenvalue weighted by molar-refractivity contribution is 5.20. The highest BCUT2D eigenvalue weighted by Gasteiger charge is 2.15. The summed E-state index contributed by atoms with van der Waals surface area (Å²) in [5.41, 5.74) is 6.74. The number of likely N-dealkylation sites (N-methyl/N-ethyl adjacent to an activating group) is 1. The Morgan fingerprint density at radius 2 is 2.00 bits per heavy atom. The highest BCUT2D eigenvalue weighted by atomic mass is 19.1. The standard InChI is InChI=1S/C15H24FN3/c1-18-8-4-9-19(12-11-18)10-7-15(17)13-5-2-3-6-14(13)16/h2-3,5-6,15H,4,7-12,17H2,1H3. The van der Waals surface area contributed by atoms with Crippen LogP contribution < -0.4 is 5.73 Å². The van der Waals surface area contributed by atoms with E-state index in [4.69, 9.17) is 5.73 Å². The molecule has 1 aliphatic rings. The van der Waals surface area contributed by atoms with Crippen molar-refractivity contribution in [1.82, 2.24) is 9.80 Å². The van der Waals surface area contributed by atoms with Crippen LogP contribution in [-0.2, 0) is 0 Å². The zero-order chi connectivity index (χ0) is 13.7. The van der Waals surface area contributed by atoms with Gasteiger partial charge in [0.15, 0.2) is 0 Å². The highest BCUT2D eigenvalue weighted by Crippen LogP contribution is 2.18. The van der Waals surface area contributed by atoms with Crippen LogP contribution in [0.25, 0.3) is 0 Å². The Labute approximate surface area is 115 Å². The van der Waals surface area contributed by atoms with Crippen LogP contribution in [0, 0.1) is 5.82 Å². The number of nitrogens with two attached hydrogens (primary N) is 1. The number of rotatable bonds is 4. The van der Waals surface area contributed by atoms with Gasteiger partial charge in [-0.3, -0.25) is 0 Å². The van der Waals surface area contributed by atoms with Crippen molar-refractivity contribution >= 4 is 0 Å². The lowest BCUT2D eigenvalue weighted by atomic mass is 10.0. The van der Waals surface area contributed by atoms with Crippen molar-refractivity contribution in [3.63, 3.8) is 0 Å². The normalized spacial score (nSPS) is 20.2. The minimum absolute atomic E-state index is 0.189. The molecule has 2 rings (SSSR count). The van der Waals surface area contributed by atoms with Gasteiger partial charge in [-0.1, -0.05) is 18.2 Å². The van der Waals surface area contributed by atoms with Gasteiger partial charge in [0.05, 0.1) is 0 Å². The van der Waals surface area contributed by atoms with Gasteiger partial charge in [-0.15, -0.1) is 0 Å². The van der Waals surface area contributed by atoms with E-state index in [1.165, 1.54) is 12.5 Å². The summed E-state index contributed by atoms with van der Waals surface area (Å²) in [7, 11) is 2.16. The topological polar surface area (TPSA) is 32.5 Å². The average Bonchev–Trinajstić information content (AvgIpc) is 2.61. The molecule has 1 unspecified atom stereocenters. The van der Waals surface area contributed by atoms with E-state index in [2.05, 4.69) is 16.8 Å². The van der Waals surface area contributed by atoms with E-state index in [1.54, 1.807) is 12.1 Å². The number of benzene rings is 1. The quantitative estimate of drug-likeness (QED) is 0.902. The maximum atomic E-state index is 13.6. The minimum Gasteiger partial charge on any atom is -0.324 e. The van der Waals surface area contributed by atoms with Crippen molar-refractivity contribution in [2.75, 3.05) is 39.8 Å². The van der Waals surface area contributed by atoms with Crippen LogP contribution in [0.3, 0.4) is 0 Å². The summed E-state index contributed by atoms with van der Waals surface area (Å²) in [6.07, 6.45) is 2.01. The second-order valence-corrected chi connectivity index (χ2v) is 5.42. The third-order valence-electron chi connectivity index (χ3n) is 3.87. The molecule has 1 saturated heterocycles. The molecule has 0 radical (unpaired) electrons. The molecule has 3 nitrogen and oxygen atoms in total. The van der Waals surface area contributed by atoms with Gasteiger partial charge >= 0.3 is 0 Å². The first-order chi connectivity index (χ1) is 9.16. The first kappa shape index (κ1) is 14.4. The SMILES string of the molecule is CN1CCCN(CCC(N)c2ccccc2F)CC1. The van der Waals surface area contributed by atoms with Gasteiger partial charge in [0, 0.05) is 24.7 Å². The van der Waals surface area contributed by atoms with Crippen LogP contribution in [-0.4, -0.2) is 49.6 Å². The fourth-order valence-corrected chi connectivity index (χ4v) is 2.58. The van der Waals surface area contributed by atoms with Crippen LogP contribution in [0.4, 0.5) is 4.39 Å². The van der Waals surface area contributed by atoms with Crippen molar-refractivity contribution < 1.29 is 4.39 Å². The molecule has 106 valence electrons. The molecule has 1 aromatic carbocycles. The first-order valence-corrected chi connectivity index (χ1v) is 7.07. The van der Waals surface area contributed by atoms with Crippen LogP contribution in [0.2, 0.25) is 0 Å². The van der Waals surface area contributed by atoms with Gasteiger partial charge in [0.1, 0.15) is 5.82 Å². The Morgan fingerprint density at radius 3 is 2.79 bits per heavy atom. The van der Waals surface area contributed by atoms with Crippen LogP contribution >= 0.6 is 0 Å². The predicted octanol–water partition coefficient (Wildman–Crippen LogP) is 1.85. The second kappa shape index (κ2) is 6.98. The molecule has 1 aliphatic heterocycles. The van der Waals surface area contributed by atoms with Crippen molar-refractivity contribution in [3.8, 4) is 0 Å². The lowest BCUT2D eigenvalue weighted by Crippen LogP contribution is -2.31. The van der Waals surface area contributed by atoms with Gasteiger partial charge < -0.3 is 15.5 Å². The largest absolute Gasteiger partial charge is 0.324 e. The Kier molecular flexibility index (Phi) is 5.31. The average molecular weight is 265 g/mol. The van der Waals surface area contributed by atoms with Crippen LogP contribution in [0.15, 0.2) is 24.3 Å². The zero-order valence-electron chi connectivity index (χ0n) is 11.7. The van der Waals surface area contributed by atoms with Gasteiger partial charge in [-0.2, -0.15) is 0 Å². The predicted molar refractivity (Wildman–Crippen MR) is 76.5 cm³/mol. The van der Waals surface area contributed by atoms with Crippen molar-refractivity contribution in [1.29, 1.82) is 0 Å². The molecule has 0 bridgehead atoms. The van der Waals surface area contributed by atoms with E-state index in [0.717, 1.165) is 39.1 Å². The number of hydrogen-bond acceptors (Lipinski definition) is 3. The molecule has 0 spiro atoms. The number of hydrogen-bond donors (Lipinski definition) is 1. The van der Waals surface area contributed by atoms with Gasteiger partial charge in [0.25, 0.3) is 0 Å². The Balaban J connectivity index is 1.83. The van der Waals surface area contributed by atoms with Gasteiger partial charge in [-0.25, -0.2) is 4.39 Å². The number of halogens is 1. The molecule has 0 aliphatic carbocycles. The minimum atomic E-state index is -0.206. The van der Waals surface area contributed by atoms with E-state index >= 15 is 0 Å². The first-order valence-electron chi connectivity index (χ1n) is 7.07. The summed E-state index contributed by atoms with van der Waals surface area (Å²) in [6, 6.07) is 6.61. The maximum absolute atomic E-state index is 13.6. The molecule has 1 aromatic rings. The Morgan fingerprint density at radius 1 is 1.21 bits per heavy atom. The molecular formula is C15H24FN3. The fourth-order valence-electron chi connectivity index (χ4n) is 2.58. The van der Waals surface area contributed by atoms with Crippen LogP contribution in [0.1, 0.15) is 24.4 Å². The lowest BCUT2D eigenvalue weighted by Gasteiger charge is -2.22. The van der Waals surface area contributed by atoms with Gasteiger partial charge in [-0.05, 0) is 45.6 Å². The summed E-state index contributed by atoms with van der Waals surface area (Å²) in [5, 5.41) is 0. The summed E-state index contributed by atoms with van der Waals surface area (Å²) in [6.45, 7) is 5.42. The lowest BCUT2D eigenvalue weighted by molar-refractivity contribution is 0.266. The maximum Gasteiger partial charge on any atom is 0.127 e. The van der Waals surface area contributed by atoms with E-state index in [1.807, 2.05) is 6.07 Å². The molecular weight excluding hydrogens is 241 g/mol. The molecule has 0 saturated carbocycles. The molecule has 19 heavy (non-hydrogen) atoms. The molecule has 0 amide bonds. The third-order valence-corrected chi connectivity index (χ3v) is 3.87. The van der Waals surface area contributed by atoms with Crippen molar-refractivity contribution in [2.45, 2.75) is 18.9 Å². The summed E-state index contributed by atoms with van der Waals surface area (Å²) in [5.74, 6) is -0.189. The second-order valence-electron chi connectivity index (χ2n) is 5.42. The van der Waals surface area contributed by atoms with E-state index in [9.17, 15) is 4.39 Å². The molecule has 1 atom stereocenters. The van der Waals surface area contributed by atoms with Gasteiger partial charge in [0.2, 0.25) is 0 Å². The van der Waals surface area contributed by atoms with Crippen molar-refractivity contribution in [3.05, 3.63) is 35.6 Å². The van der Waals surface area contributed by atoms with Crippen molar-refractivity contribution in [2.24, 2.45) is 5.73 Å².